The molecule has 3 heterocycles. The number of piperidine rings is 1. The van der Waals surface area contributed by atoms with Crippen LogP contribution in [0, 0.1) is 12.8 Å². The van der Waals surface area contributed by atoms with E-state index in [-0.39, 0.29) is 17.6 Å². The van der Waals surface area contributed by atoms with Crippen LogP contribution in [0.2, 0.25) is 0 Å². The molecule has 0 bridgehead atoms. The molecule has 1 atom stereocenters. The molecule has 1 fully saturated rings. The van der Waals surface area contributed by atoms with Crippen LogP contribution in [-0.4, -0.2) is 58.2 Å². The number of benzene rings is 2. The van der Waals surface area contributed by atoms with Gasteiger partial charge in [0.15, 0.2) is 17.4 Å². The molecule has 0 saturated carbocycles. The predicted octanol–water partition coefficient (Wildman–Crippen LogP) is 4.47. The van der Waals surface area contributed by atoms with Crippen LogP contribution in [0.5, 0.6) is 5.75 Å². The molecule has 3 aromatic rings. The number of amidine groups is 1. The lowest BCUT2D eigenvalue weighted by Crippen LogP contribution is -2.50. The number of oxime groups is 1. The van der Waals surface area contributed by atoms with Gasteiger partial charge in [-0.1, -0.05) is 35.5 Å². The largest absolute Gasteiger partial charge is 0.495 e. The Morgan fingerprint density at radius 1 is 1.14 bits per heavy atom. The first-order valence-electron chi connectivity index (χ1n) is 12.6. The minimum absolute atomic E-state index is 0.0855. The number of carbonyl (C=O) groups is 2. The third-order valence-corrected chi connectivity index (χ3v) is 7.40. The zero-order valence-electron chi connectivity index (χ0n) is 20.9. The maximum absolute atomic E-state index is 13.0. The van der Waals surface area contributed by atoms with E-state index in [0.29, 0.717) is 24.2 Å². The van der Waals surface area contributed by atoms with Gasteiger partial charge in [0.1, 0.15) is 12.4 Å². The highest BCUT2D eigenvalue weighted by molar-refractivity contribution is 6.26. The Morgan fingerprint density at radius 2 is 1.92 bits per heavy atom. The first-order chi connectivity index (χ1) is 18.0. The first-order valence-corrected chi connectivity index (χ1v) is 12.6. The van der Waals surface area contributed by atoms with Gasteiger partial charge in [0.25, 0.3) is 0 Å². The van der Waals surface area contributed by atoms with E-state index in [9.17, 15) is 9.59 Å². The van der Waals surface area contributed by atoms with Gasteiger partial charge in [-0.25, -0.2) is 4.98 Å². The molecule has 1 aromatic heterocycles. The van der Waals surface area contributed by atoms with Crippen LogP contribution >= 0.6 is 0 Å². The van der Waals surface area contributed by atoms with Crippen LogP contribution in [0.3, 0.4) is 0 Å². The van der Waals surface area contributed by atoms with Crippen molar-refractivity contribution in [2.45, 2.75) is 32.2 Å². The number of Topliss-reactive ketones (excluding diaryl/α,β-unsaturated/α-hetero) is 2. The third kappa shape index (κ3) is 4.12. The number of aryl methyl sites for hydroxylation is 1. The topological polar surface area (TPSA) is 86.0 Å². The highest BCUT2D eigenvalue weighted by atomic mass is 16.6. The van der Waals surface area contributed by atoms with Gasteiger partial charge in [-0.3, -0.25) is 9.59 Å². The van der Waals surface area contributed by atoms with Crippen LogP contribution in [0.25, 0.3) is 11.8 Å². The summed E-state index contributed by atoms with van der Waals surface area (Å²) in [5, 5.41) is 4.40. The quantitative estimate of drug-likeness (QED) is 0.485. The van der Waals surface area contributed by atoms with Crippen LogP contribution in [0.4, 0.5) is 0 Å². The number of ketones is 2. The fourth-order valence-corrected chi connectivity index (χ4v) is 5.56. The van der Waals surface area contributed by atoms with E-state index in [1.54, 1.807) is 37.7 Å². The minimum atomic E-state index is -0.664. The molecule has 0 radical (unpaired) electrons. The van der Waals surface area contributed by atoms with E-state index in [2.05, 4.69) is 21.1 Å². The Balaban J connectivity index is 1.24. The van der Waals surface area contributed by atoms with Crippen molar-refractivity contribution >= 4 is 23.5 Å². The Labute approximate surface area is 215 Å². The van der Waals surface area contributed by atoms with Crippen molar-refractivity contribution in [2.75, 3.05) is 20.3 Å². The summed E-state index contributed by atoms with van der Waals surface area (Å²) < 4.78 is 7.62. The molecule has 2 aliphatic heterocycles. The van der Waals surface area contributed by atoms with E-state index >= 15 is 0 Å². The van der Waals surface area contributed by atoms with E-state index in [1.165, 1.54) is 0 Å². The molecule has 6 rings (SSSR count). The molecule has 1 aliphatic carbocycles. The maximum atomic E-state index is 13.0. The van der Waals surface area contributed by atoms with Gasteiger partial charge in [0, 0.05) is 23.9 Å². The lowest BCUT2D eigenvalue weighted by molar-refractivity contribution is 0.0455. The average Bonchev–Trinajstić information content (AvgIpc) is 3.46. The number of imidazole rings is 1. The molecule has 37 heavy (non-hydrogen) atoms. The Morgan fingerprint density at radius 3 is 2.62 bits per heavy atom. The van der Waals surface area contributed by atoms with Crippen molar-refractivity contribution in [3.8, 4) is 11.4 Å². The van der Waals surface area contributed by atoms with Crippen molar-refractivity contribution in [3.63, 3.8) is 0 Å². The molecule has 2 aromatic carbocycles. The second kappa shape index (κ2) is 9.35. The van der Waals surface area contributed by atoms with Gasteiger partial charge < -0.3 is 19.0 Å². The Hall–Kier alpha value is -4.20. The summed E-state index contributed by atoms with van der Waals surface area (Å²) in [5.74, 6) is 0.696. The molecule has 0 unspecified atom stereocenters. The van der Waals surface area contributed by atoms with E-state index in [4.69, 9.17) is 9.57 Å². The lowest BCUT2D eigenvalue weighted by Gasteiger charge is -2.40. The molecule has 8 heteroatoms. The average molecular weight is 497 g/mol. The number of rotatable bonds is 5. The number of hydrogen-bond donors (Lipinski definition) is 0. The third-order valence-electron chi connectivity index (χ3n) is 7.40. The van der Waals surface area contributed by atoms with Crippen LogP contribution in [-0.2, 0) is 4.84 Å². The van der Waals surface area contributed by atoms with E-state index < -0.39 is 5.92 Å². The Bertz CT molecular complexity index is 1420. The highest BCUT2D eigenvalue weighted by Gasteiger charge is 2.42. The van der Waals surface area contributed by atoms with Gasteiger partial charge >= 0.3 is 0 Å². The molecule has 8 nitrogen and oxygen atoms in total. The first kappa shape index (κ1) is 23.2. The van der Waals surface area contributed by atoms with Gasteiger partial charge in [-0.2, -0.15) is 0 Å². The summed E-state index contributed by atoms with van der Waals surface area (Å²) >= 11 is 0. The van der Waals surface area contributed by atoms with Crippen molar-refractivity contribution in [3.05, 3.63) is 82.9 Å². The van der Waals surface area contributed by atoms with E-state index in [0.717, 1.165) is 53.5 Å². The summed E-state index contributed by atoms with van der Waals surface area (Å²) in [6.45, 7) is 3.12. The van der Waals surface area contributed by atoms with Gasteiger partial charge in [0.2, 0.25) is 0 Å². The number of methoxy groups -OCH3 is 1. The van der Waals surface area contributed by atoms with Crippen LogP contribution < -0.4 is 4.74 Å². The lowest BCUT2D eigenvalue weighted by atomic mass is 9.91. The highest BCUT2D eigenvalue weighted by Crippen LogP contribution is 2.34. The fraction of sp³-hybridized carbons (Fsp3) is 0.310. The molecule has 3 aliphatic rings. The summed E-state index contributed by atoms with van der Waals surface area (Å²) in [4.78, 5) is 38.2. The molecule has 0 amide bonds. The zero-order valence-corrected chi connectivity index (χ0v) is 20.9. The second-order valence-corrected chi connectivity index (χ2v) is 9.75. The summed E-state index contributed by atoms with van der Waals surface area (Å²) in [5.41, 5.74) is 4.98. The van der Waals surface area contributed by atoms with Crippen molar-refractivity contribution in [2.24, 2.45) is 11.1 Å². The van der Waals surface area contributed by atoms with Crippen molar-refractivity contribution in [1.82, 2.24) is 14.5 Å². The monoisotopic (exact) mass is 496 g/mol. The molecule has 0 N–H and O–H groups in total. The normalized spacial score (nSPS) is 20.5. The summed E-state index contributed by atoms with van der Waals surface area (Å²) in [7, 11) is 1.66. The number of aromatic nitrogens is 2. The van der Waals surface area contributed by atoms with Crippen molar-refractivity contribution < 1.29 is 19.2 Å². The van der Waals surface area contributed by atoms with Crippen molar-refractivity contribution in [1.29, 1.82) is 0 Å². The number of carbonyl (C=O) groups excluding carboxylic acids is 2. The zero-order chi connectivity index (χ0) is 25.5. The standard InChI is InChI=1S/C29H28N4O4/c1-18-15-32(17-30-18)25-10-9-19(13-26(25)36-2)12-20-6-5-11-33-21(16-37-31-29(20)33)14-24-27(34)22-7-3-4-8-23(22)28(24)35/h3-4,7-10,12-13,15,17,21,24H,5-6,11,14,16H2,1-2H3/t21-/m0/s1. The molecule has 1 saturated heterocycles. The SMILES string of the molecule is COc1cc(C=C2CCCN3C2=NOC[C@@H]3CC2C(=O)c3ccccc3C2=O)ccc1-n1cnc(C)c1. The number of hydrogen-bond acceptors (Lipinski definition) is 7. The molecule has 188 valence electrons. The van der Waals surface area contributed by atoms with Gasteiger partial charge in [-0.05, 0) is 55.5 Å². The smallest absolute Gasteiger partial charge is 0.174 e. The molecular weight excluding hydrogens is 468 g/mol. The number of ether oxygens (including phenoxy) is 1. The number of fused-ring (bicyclic) bond motifs is 2. The molecule has 0 spiro atoms. The number of nitrogens with zero attached hydrogens (tertiary/aromatic N) is 4. The summed E-state index contributed by atoms with van der Waals surface area (Å²) in [6.07, 6.45) is 8.09. The predicted molar refractivity (Wildman–Crippen MR) is 139 cm³/mol. The summed E-state index contributed by atoms with van der Waals surface area (Å²) in [6, 6.07) is 13.1. The van der Waals surface area contributed by atoms with Gasteiger partial charge in [-0.15, -0.1) is 0 Å². The maximum Gasteiger partial charge on any atom is 0.174 e. The second-order valence-electron chi connectivity index (χ2n) is 9.75. The minimum Gasteiger partial charge on any atom is -0.495 e. The fourth-order valence-electron chi connectivity index (χ4n) is 5.56. The molecular formula is C29H28N4O4. The van der Waals surface area contributed by atoms with Crippen LogP contribution in [0.1, 0.15) is 51.2 Å². The van der Waals surface area contributed by atoms with E-state index in [1.807, 2.05) is 35.9 Å². The Kier molecular flexibility index (Phi) is 5.87. The van der Waals surface area contributed by atoms with Crippen LogP contribution in [0.15, 0.2) is 65.7 Å². The van der Waals surface area contributed by atoms with Gasteiger partial charge in [0.05, 0.1) is 36.8 Å².